The molecule has 2 rings (SSSR count). The number of methoxy groups -OCH3 is 2. The molecule has 0 radical (unpaired) electrons. The highest BCUT2D eigenvalue weighted by Gasteiger charge is 2.10. The second kappa shape index (κ2) is 6.48. The van der Waals surface area contributed by atoms with E-state index in [-0.39, 0.29) is 5.82 Å². The minimum absolute atomic E-state index is 0.253. The molecule has 0 saturated carbocycles. The first-order valence-electron chi connectivity index (χ1n) is 6.04. The highest BCUT2D eigenvalue weighted by Crippen LogP contribution is 2.36. The number of halogens is 2. The van der Waals surface area contributed by atoms with Gasteiger partial charge in [-0.1, -0.05) is 29.8 Å². The lowest BCUT2D eigenvalue weighted by Gasteiger charge is -2.13. The molecule has 3 nitrogen and oxygen atoms in total. The Bertz CT molecular complexity index is 604. The average molecular weight is 296 g/mol. The molecular formula is C15H15ClFNO2. The summed E-state index contributed by atoms with van der Waals surface area (Å²) in [5.41, 5.74) is 1.23. The standard InChI is InChI=1S/C15H15ClFNO2/c1-19-14-7-11(16)13(8-15(14)20-2)18-9-10-5-3-4-6-12(10)17/h3-8,18H,9H2,1-2H3. The van der Waals surface area contributed by atoms with Crippen LogP contribution in [0.25, 0.3) is 0 Å². The van der Waals surface area contributed by atoms with E-state index in [1.807, 2.05) is 0 Å². The van der Waals surface area contributed by atoms with Gasteiger partial charge in [-0.25, -0.2) is 4.39 Å². The number of benzene rings is 2. The first-order valence-corrected chi connectivity index (χ1v) is 6.42. The number of ether oxygens (including phenoxy) is 2. The van der Waals surface area contributed by atoms with Gasteiger partial charge in [0.1, 0.15) is 5.82 Å². The van der Waals surface area contributed by atoms with Crippen molar-refractivity contribution in [3.05, 3.63) is 52.8 Å². The third kappa shape index (κ3) is 3.14. The quantitative estimate of drug-likeness (QED) is 0.900. The zero-order chi connectivity index (χ0) is 14.5. The molecule has 106 valence electrons. The Labute approximate surface area is 122 Å². The lowest BCUT2D eigenvalue weighted by molar-refractivity contribution is 0.355. The molecular weight excluding hydrogens is 281 g/mol. The molecule has 0 unspecified atom stereocenters. The van der Waals surface area contributed by atoms with Crippen molar-refractivity contribution in [2.75, 3.05) is 19.5 Å². The summed E-state index contributed by atoms with van der Waals surface area (Å²) in [6.07, 6.45) is 0. The summed E-state index contributed by atoms with van der Waals surface area (Å²) in [5, 5.41) is 3.57. The number of hydrogen-bond donors (Lipinski definition) is 1. The van der Waals surface area contributed by atoms with Crippen LogP contribution in [-0.2, 0) is 6.54 Å². The zero-order valence-corrected chi connectivity index (χ0v) is 12.0. The van der Waals surface area contributed by atoms with E-state index in [1.165, 1.54) is 6.07 Å². The van der Waals surface area contributed by atoms with Crippen LogP contribution in [0.15, 0.2) is 36.4 Å². The van der Waals surface area contributed by atoms with E-state index >= 15 is 0 Å². The molecule has 0 fully saturated rings. The highest BCUT2D eigenvalue weighted by atomic mass is 35.5. The van der Waals surface area contributed by atoms with E-state index in [0.29, 0.717) is 34.3 Å². The second-order valence-corrected chi connectivity index (χ2v) is 4.54. The minimum Gasteiger partial charge on any atom is -0.493 e. The second-order valence-electron chi connectivity index (χ2n) is 4.13. The Morgan fingerprint density at radius 1 is 1.10 bits per heavy atom. The van der Waals surface area contributed by atoms with Gasteiger partial charge in [-0.3, -0.25) is 0 Å². The summed E-state index contributed by atoms with van der Waals surface area (Å²) in [6.45, 7) is 0.335. The summed E-state index contributed by atoms with van der Waals surface area (Å²) < 4.78 is 23.9. The molecule has 0 aliphatic carbocycles. The Morgan fingerprint density at radius 3 is 2.40 bits per heavy atom. The van der Waals surface area contributed by atoms with Crippen LogP contribution in [0.2, 0.25) is 5.02 Å². The minimum atomic E-state index is -0.253. The molecule has 0 aliphatic heterocycles. The number of hydrogen-bond acceptors (Lipinski definition) is 3. The largest absolute Gasteiger partial charge is 0.493 e. The highest BCUT2D eigenvalue weighted by molar-refractivity contribution is 6.33. The van der Waals surface area contributed by atoms with Gasteiger partial charge in [0, 0.05) is 24.2 Å². The van der Waals surface area contributed by atoms with Crippen LogP contribution in [0.4, 0.5) is 10.1 Å². The van der Waals surface area contributed by atoms with E-state index in [1.54, 1.807) is 44.6 Å². The molecule has 1 N–H and O–H groups in total. The molecule has 0 atom stereocenters. The van der Waals surface area contributed by atoms with Crippen molar-refractivity contribution in [1.29, 1.82) is 0 Å². The lowest BCUT2D eigenvalue weighted by atomic mass is 10.2. The molecule has 0 amide bonds. The predicted molar refractivity (Wildman–Crippen MR) is 78.3 cm³/mol. The molecule has 5 heteroatoms. The van der Waals surface area contributed by atoms with Gasteiger partial charge < -0.3 is 14.8 Å². The molecule has 20 heavy (non-hydrogen) atoms. The van der Waals surface area contributed by atoms with Crippen LogP contribution in [0.1, 0.15) is 5.56 Å². The maximum atomic E-state index is 13.5. The van der Waals surface area contributed by atoms with Crippen LogP contribution in [-0.4, -0.2) is 14.2 Å². The van der Waals surface area contributed by atoms with Gasteiger partial charge in [0.05, 0.1) is 24.9 Å². The third-order valence-electron chi connectivity index (χ3n) is 2.90. The maximum absolute atomic E-state index is 13.5. The first kappa shape index (κ1) is 14.5. The molecule has 0 saturated heterocycles. The van der Waals surface area contributed by atoms with E-state index in [9.17, 15) is 4.39 Å². The van der Waals surface area contributed by atoms with Gasteiger partial charge >= 0.3 is 0 Å². The lowest BCUT2D eigenvalue weighted by Crippen LogP contribution is -2.03. The Hall–Kier alpha value is -1.94. The number of nitrogens with one attached hydrogen (secondary N) is 1. The Kier molecular flexibility index (Phi) is 4.69. The fourth-order valence-corrected chi connectivity index (χ4v) is 2.04. The number of rotatable bonds is 5. The molecule has 0 bridgehead atoms. The first-order chi connectivity index (χ1) is 9.65. The molecule has 0 aromatic heterocycles. The van der Waals surface area contributed by atoms with Crippen molar-refractivity contribution in [3.8, 4) is 11.5 Å². The summed E-state index contributed by atoms with van der Waals surface area (Å²) in [5.74, 6) is 0.860. The SMILES string of the molecule is COc1cc(Cl)c(NCc2ccccc2F)cc1OC. The Balaban J connectivity index is 2.19. The van der Waals surface area contributed by atoms with Gasteiger partial charge in [-0.2, -0.15) is 0 Å². The van der Waals surface area contributed by atoms with Gasteiger partial charge in [-0.15, -0.1) is 0 Å². The average Bonchev–Trinajstić information content (AvgIpc) is 2.47. The van der Waals surface area contributed by atoms with Crippen molar-refractivity contribution < 1.29 is 13.9 Å². The summed E-state index contributed by atoms with van der Waals surface area (Å²) in [4.78, 5) is 0. The van der Waals surface area contributed by atoms with Crippen LogP contribution in [0.5, 0.6) is 11.5 Å². The van der Waals surface area contributed by atoms with Crippen LogP contribution < -0.4 is 14.8 Å². The molecule has 0 aliphatic rings. The van der Waals surface area contributed by atoms with Crippen LogP contribution in [0, 0.1) is 5.82 Å². The van der Waals surface area contributed by atoms with Crippen molar-refractivity contribution >= 4 is 17.3 Å². The van der Waals surface area contributed by atoms with Crippen molar-refractivity contribution in [2.24, 2.45) is 0 Å². The van der Waals surface area contributed by atoms with E-state index < -0.39 is 0 Å². The molecule has 2 aromatic rings. The summed E-state index contributed by atoms with van der Waals surface area (Å²) in [6, 6.07) is 9.97. The molecule has 0 heterocycles. The number of anilines is 1. The molecule has 2 aromatic carbocycles. The topological polar surface area (TPSA) is 30.5 Å². The molecule has 0 spiro atoms. The summed E-state index contributed by atoms with van der Waals surface area (Å²) in [7, 11) is 3.09. The van der Waals surface area contributed by atoms with Gasteiger partial charge in [0.15, 0.2) is 11.5 Å². The smallest absolute Gasteiger partial charge is 0.162 e. The van der Waals surface area contributed by atoms with E-state index in [4.69, 9.17) is 21.1 Å². The summed E-state index contributed by atoms with van der Waals surface area (Å²) >= 11 is 6.15. The van der Waals surface area contributed by atoms with Crippen LogP contribution >= 0.6 is 11.6 Å². The maximum Gasteiger partial charge on any atom is 0.162 e. The fraction of sp³-hybridized carbons (Fsp3) is 0.200. The van der Waals surface area contributed by atoms with E-state index in [0.717, 1.165) is 0 Å². The normalized spacial score (nSPS) is 10.2. The van der Waals surface area contributed by atoms with Crippen LogP contribution in [0.3, 0.4) is 0 Å². The third-order valence-corrected chi connectivity index (χ3v) is 3.21. The zero-order valence-electron chi connectivity index (χ0n) is 11.2. The van der Waals surface area contributed by atoms with Crippen molar-refractivity contribution in [2.45, 2.75) is 6.54 Å². The van der Waals surface area contributed by atoms with Crippen molar-refractivity contribution in [3.63, 3.8) is 0 Å². The fourth-order valence-electron chi connectivity index (χ4n) is 1.82. The van der Waals surface area contributed by atoms with Crippen molar-refractivity contribution in [1.82, 2.24) is 0 Å². The predicted octanol–water partition coefficient (Wildman–Crippen LogP) is 4.11. The monoisotopic (exact) mass is 295 g/mol. The Morgan fingerprint density at radius 2 is 1.75 bits per heavy atom. The van der Waals surface area contributed by atoms with Gasteiger partial charge in [0.25, 0.3) is 0 Å². The van der Waals surface area contributed by atoms with E-state index in [2.05, 4.69) is 5.32 Å². The van der Waals surface area contributed by atoms with Gasteiger partial charge in [0.2, 0.25) is 0 Å². The van der Waals surface area contributed by atoms with Gasteiger partial charge in [-0.05, 0) is 6.07 Å².